The van der Waals surface area contributed by atoms with E-state index in [1.54, 1.807) is 36.4 Å². The van der Waals surface area contributed by atoms with E-state index in [4.69, 9.17) is 0 Å². The first-order valence-corrected chi connectivity index (χ1v) is 9.88. The highest BCUT2D eigenvalue weighted by Crippen LogP contribution is 2.27. The predicted octanol–water partition coefficient (Wildman–Crippen LogP) is 2.73. The van der Waals surface area contributed by atoms with Gasteiger partial charge in [0.2, 0.25) is 5.82 Å². The van der Waals surface area contributed by atoms with Crippen LogP contribution in [0, 0.1) is 0 Å². The van der Waals surface area contributed by atoms with Crippen molar-refractivity contribution < 1.29 is 13.7 Å². The lowest BCUT2D eigenvalue weighted by Crippen LogP contribution is -2.43. The van der Waals surface area contributed by atoms with Crippen LogP contribution in [0.25, 0.3) is 28.2 Å². The number of carbonyl (C=O) groups is 1. The number of amides is 1. The summed E-state index contributed by atoms with van der Waals surface area (Å²) in [5.41, 5.74) is 1.18. The van der Waals surface area contributed by atoms with Crippen LogP contribution in [-0.4, -0.2) is 54.2 Å². The Hall–Kier alpha value is -3.82. The minimum absolute atomic E-state index is 0.134. The maximum Gasteiger partial charge on any atom is 0.439 e. The van der Waals surface area contributed by atoms with Gasteiger partial charge in [-0.15, -0.1) is 0 Å². The third-order valence-corrected chi connectivity index (χ3v) is 5.58. The van der Waals surface area contributed by atoms with Crippen LogP contribution in [-0.2, 0) is 0 Å². The molecule has 9 nitrogen and oxygen atoms in total. The number of rotatable bonds is 3. The highest BCUT2D eigenvalue weighted by Gasteiger charge is 2.32. The molecular weight excluding hydrogens is 403 g/mol. The van der Waals surface area contributed by atoms with Crippen LogP contribution >= 0.6 is 0 Å². The van der Waals surface area contributed by atoms with Crippen LogP contribution in [0.5, 0.6) is 0 Å². The van der Waals surface area contributed by atoms with Gasteiger partial charge in [0.1, 0.15) is 17.0 Å². The summed E-state index contributed by atoms with van der Waals surface area (Å²) in [4.78, 5) is 36.8. The lowest BCUT2D eigenvalue weighted by molar-refractivity contribution is 0.0504. The van der Waals surface area contributed by atoms with E-state index < -0.39 is 11.4 Å². The molecule has 0 aliphatic carbocycles. The number of likely N-dealkylation sites (tertiary alicyclic amines) is 1. The largest absolute Gasteiger partial charge is 0.439 e. The fourth-order valence-corrected chi connectivity index (χ4v) is 3.72. The molecule has 31 heavy (non-hydrogen) atoms. The maximum absolute atomic E-state index is 14.0. The zero-order valence-electron chi connectivity index (χ0n) is 16.7. The van der Waals surface area contributed by atoms with Crippen LogP contribution in [0.4, 0.5) is 4.39 Å². The molecule has 1 N–H and O–H groups in total. The van der Waals surface area contributed by atoms with Gasteiger partial charge in [-0.3, -0.25) is 23.9 Å². The topological polar surface area (TPSA) is 110 Å². The Labute approximate surface area is 175 Å². The van der Waals surface area contributed by atoms with Gasteiger partial charge in [0, 0.05) is 30.9 Å². The van der Waals surface area contributed by atoms with Gasteiger partial charge in [0.25, 0.3) is 5.91 Å². The average molecular weight is 422 g/mol. The smallest absolute Gasteiger partial charge is 0.338 e. The number of hydrogen-bond acceptors (Lipinski definition) is 6. The van der Waals surface area contributed by atoms with Crippen molar-refractivity contribution in [2.45, 2.75) is 25.4 Å². The number of alkyl halides is 1. The summed E-state index contributed by atoms with van der Waals surface area (Å²) in [6.45, 7) is 2.39. The van der Waals surface area contributed by atoms with Gasteiger partial charge in [-0.25, -0.2) is 14.2 Å². The van der Waals surface area contributed by atoms with Gasteiger partial charge in [0.15, 0.2) is 0 Å². The molecule has 0 aromatic carbocycles. The molecule has 158 valence electrons. The number of aromatic nitrogens is 5. The number of H-pyrrole nitrogens is 1. The van der Waals surface area contributed by atoms with Crippen LogP contribution < -0.4 is 5.76 Å². The number of hydrogen-bond donors (Lipinski definition) is 1. The molecule has 4 aromatic rings. The van der Waals surface area contributed by atoms with E-state index in [2.05, 4.69) is 24.6 Å². The summed E-state index contributed by atoms with van der Waals surface area (Å²) in [6, 6.07) is 7.20. The van der Waals surface area contributed by atoms with Crippen molar-refractivity contribution in [1.29, 1.82) is 0 Å². The van der Waals surface area contributed by atoms with Gasteiger partial charge in [-0.05, 0) is 44.0 Å². The monoisotopic (exact) mass is 422 g/mol. The summed E-state index contributed by atoms with van der Waals surface area (Å²) in [6.07, 6.45) is 5.71. The summed E-state index contributed by atoms with van der Waals surface area (Å²) in [7, 11) is 0. The standard InChI is InChI=1S/C21H19FN6O3/c1-21(22)5-8-27(9-6-21)19(29)14-10-13-4-7-28(18(13)24-11-14)15-2-3-16(23-12-15)17-25-20(30)31-26-17/h2-4,7,10-12H,5-6,8-9H2,1H3,(H,25,26,30). The second kappa shape index (κ2) is 7.15. The molecule has 0 bridgehead atoms. The van der Waals surface area contributed by atoms with E-state index in [-0.39, 0.29) is 11.7 Å². The molecule has 0 unspecified atom stereocenters. The summed E-state index contributed by atoms with van der Waals surface area (Å²) in [5, 5.41) is 4.43. The number of nitrogens with zero attached hydrogens (tertiary/aromatic N) is 5. The van der Waals surface area contributed by atoms with E-state index in [0.29, 0.717) is 42.8 Å². The first-order valence-electron chi connectivity index (χ1n) is 9.88. The molecule has 4 aromatic heterocycles. The van der Waals surface area contributed by atoms with Crippen LogP contribution in [0.1, 0.15) is 30.1 Å². The first-order chi connectivity index (χ1) is 14.9. The van der Waals surface area contributed by atoms with E-state index in [1.165, 1.54) is 0 Å². The SMILES string of the molecule is CC1(F)CCN(C(=O)c2cnc3c(ccn3-c3ccc(-c4noc(=O)[nH]4)nc3)c2)CC1. The average Bonchev–Trinajstić information content (AvgIpc) is 3.39. The van der Waals surface area contributed by atoms with E-state index >= 15 is 0 Å². The summed E-state index contributed by atoms with van der Waals surface area (Å²) < 4.78 is 20.4. The van der Waals surface area contributed by atoms with Crippen molar-refractivity contribution in [2.24, 2.45) is 0 Å². The molecule has 1 aliphatic rings. The number of aromatic amines is 1. The van der Waals surface area contributed by atoms with E-state index in [1.807, 2.05) is 22.9 Å². The molecule has 1 aliphatic heterocycles. The van der Waals surface area contributed by atoms with Crippen molar-refractivity contribution in [3.05, 3.63) is 59.0 Å². The number of halogens is 1. The second-order valence-corrected chi connectivity index (χ2v) is 7.87. The Kier molecular flexibility index (Phi) is 4.42. The van der Waals surface area contributed by atoms with Crippen molar-refractivity contribution in [1.82, 2.24) is 29.6 Å². The van der Waals surface area contributed by atoms with Gasteiger partial charge in [-0.2, -0.15) is 0 Å². The molecule has 1 fully saturated rings. The number of fused-ring (bicyclic) bond motifs is 1. The fourth-order valence-electron chi connectivity index (χ4n) is 3.72. The van der Waals surface area contributed by atoms with Crippen LogP contribution in [0.2, 0.25) is 0 Å². The van der Waals surface area contributed by atoms with Crippen LogP contribution in [0.15, 0.2) is 52.2 Å². The molecule has 0 saturated carbocycles. The summed E-state index contributed by atoms with van der Waals surface area (Å²) >= 11 is 0. The Morgan fingerprint density at radius 3 is 2.68 bits per heavy atom. The van der Waals surface area contributed by atoms with Gasteiger partial charge in [-0.1, -0.05) is 5.16 Å². The van der Waals surface area contributed by atoms with Crippen molar-refractivity contribution in [2.75, 3.05) is 13.1 Å². The zero-order chi connectivity index (χ0) is 21.6. The predicted molar refractivity (Wildman–Crippen MR) is 110 cm³/mol. The third-order valence-electron chi connectivity index (χ3n) is 5.58. The Bertz CT molecular complexity index is 1310. The minimum Gasteiger partial charge on any atom is -0.338 e. The zero-order valence-corrected chi connectivity index (χ0v) is 16.7. The molecule has 5 rings (SSSR count). The van der Waals surface area contributed by atoms with Crippen molar-refractivity contribution >= 4 is 16.9 Å². The maximum atomic E-state index is 14.0. The normalized spacial score (nSPS) is 16.0. The number of pyridine rings is 2. The highest BCUT2D eigenvalue weighted by atomic mass is 19.1. The molecule has 0 atom stereocenters. The number of nitrogens with one attached hydrogen (secondary N) is 1. The first kappa shape index (κ1) is 19.2. The molecule has 1 amide bonds. The van der Waals surface area contributed by atoms with Gasteiger partial charge in [0.05, 0.1) is 17.4 Å². The molecule has 10 heteroatoms. The molecule has 0 radical (unpaired) electrons. The van der Waals surface area contributed by atoms with E-state index in [9.17, 15) is 14.0 Å². The minimum atomic E-state index is -1.21. The molecule has 0 spiro atoms. The van der Waals surface area contributed by atoms with Gasteiger partial charge >= 0.3 is 5.76 Å². The van der Waals surface area contributed by atoms with Gasteiger partial charge < -0.3 is 4.90 Å². The Morgan fingerprint density at radius 2 is 2.00 bits per heavy atom. The summed E-state index contributed by atoms with van der Waals surface area (Å²) in [5.74, 6) is -0.527. The highest BCUT2D eigenvalue weighted by molar-refractivity contribution is 5.97. The number of piperidine rings is 1. The van der Waals surface area contributed by atoms with Crippen molar-refractivity contribution in [3.63, 3.8) is 0 Å². The lowest BCUT2D eigenvalue weighted by atomic mass is 9.95. The number of carbonyl (C=O) groups excluding carboxylic acids is 1. The lowest BCUT2D eigenvalue weighted by Gasteiger charge is -2.34. The Morgan fingerprint density at radius 1 is 1.19 bits per heavy atom. The molecular formula is C21H19FN6O3. The Balaban J connectivity index is 1.39. The third kappa shape index (κ3) is 3.60. The molecule has 1 saturated heterocycles. The van der Waals surface area contributed by atoms with Crippen LogP contribution in [0.3, 0.4) is 0 Å². The molecule has 5 heterocycles. The van der Waals surface area contributed by atoms with Crippen molar-refractivity contribution in [3.8, 4) is 17.2 Å². The second-order valence-electron chi connectivity index (χ2n) is 7.87. The van der Waals surface area contributed by atoms with E-state index in [0.717, 1.165) is 11.1 Å². The fraction of sp³-hybridized carbons (Fsp3) is 0.286. The quantitative estimate of drug-likeness (QED) is 0.544.